The Balaban J connectivity index is 1.56. The van der Waals surface area contributed by atoms with Crippen LogP contribution in [0.1, 0.15) is 22.5 Å². The van der Waals surface area contributed by atoms with Crippen molar-refractivity contribution in [1.82, 2.24) is 19.7 Å². The van der Waals surface area contributed by atoms with Gasteiger partial charge in [0, 0.05) is 31.7 Å². The Morgan fingerprint density at radius 2 is 2.08 bits per heavy atom. The molecule has 1 fully saturated rings. The zero-order valence-corrected chi connectivity index (χ0v) is 14.0. The number of hydrogen-bond acceptors (Lipinski definition) is 4. The molecule has 0 spiro atoms. The van der Waals surface area contributed by atoms with Gasteiger partial charge in [0.2, 0.25) is 0 Å². The van der Waals surface area contributed by atoms with Gasteiger partial charge in [0.25, 0.3) is 5.91 Å². The van der Waals surface area contributed by atoms with Crippen LogP contribution < -0.4 is 5.73 Å². The summed E-state index contributed by atoms with van der Waals surface area (Å²) in [6.45, 7) is 0.822. The minimum Gasteiger partial charge on any atom is -0.335 e. The molecule has 2 N–H and O–H groups in total. The Morgan fingerprint density at radius 1 is 1.19 bits per heavy atom. The summed E-state index contributed by atoms with van der Waals surface area (Å²) in [5.41, 5.74) is 7.51. The van der Waals surface area contributed by atoms with Crippen molar-refractivity contribution in [2.45, 2.75) is 12.0 Å². The first-order chi connectivity index (χ1) is 12.5. The molecule has 3 heterocycles. The molecule has 1 aliphatic rings. The summed E-state index contributed by atoms with van der Waals surface area (Å²) in [4.78, 5) is 18.7. The first kappa shape index (κ1) is 16.4. The molecule has 0 aliphatic carbocycles. The number of likely N-dealkylation sites (tertiary alicyclic amines) is 1. The number of benzene rings is 1. The molecule has 0 saturated carbocycles. The minimum absolute atomic E-state index is 0.192. The molecule has 1 amide bonds. The maximum Gasteiger partial charge on any atom is 0.272 e. The maximum absolute atomic E-state index is 13.5. The van der Waals surface area contributed by atoms with E-state index in [4.69, 9.17) is 5.73 Å². The van der Waals surface area contributed by atoms with E-state index in [0.717, 1.165) is 5.69 Å². The van der Waals surface area contributed by atoms with Crippen molar-refractivity contribution in [2.24, 2.45) is 5.73 Å². The highest BCUT2D eigenvalue weighted by molar-refractivity contribution is 5.93. The van der Waals surface area contributed by atoms with E-state index in [1.54, 1.807) is 52.4 Å². The molecule has 7 heteroatoms. The highest BCUT2D eigenvalue weighted by atomic mass is 19.1. The predicted molar refractivity (Wildman–Crippen MR) is 94.1 cm³/mol. The zero-order valence-electron chi connectivity index (χ0n) is 14.0. The van der Waals surface area contributed by atoms with Crippen LogP contribution in [0.3, 0.4) is 0 Å². The molecule has 0 bridgehead atoms. The topological polar surface area (TPSA) is 77.0 Å². The zero-order chi connectivity index (χ0) is 18.1. The SMILES string of the molecule is NC1(c2cccc(F)c2)CCN(C(=O)c2cc(-n3cccn3)ccn2)C1. The average Bonchev–Trinajstić information content (AvgIpc) is 3.32. The van der Waals surface area contributed by atoms with Gasteiger partial charge in [-0.2, -0.15) is 5.10 Å². The van der Waals surface area contributed by atoms with Crippen molar-refractivity contribution in [3.05, 3.63) is 78.1 Å². The third kappa shape index (κ3) is 2.97. The van der Waals surface area contributed by atoms with E-state index >= 15 is 0 Å². The molecule has 6 nitrogen and oxygen atoms in total. The number of pyridine rings is 1. The molecule has 3 aromatic rings. The molecule has 26 heavy (non-hydrogen) atoms. The standard InChI is InChI=1S/C19H18FN5O/c20-15-4-1-3-14(11-15)19(21)6-10-24(13-19)18(26)17-12-16(5-8-22-17)25-9-2-7-23-25/h1-5,7-9,11-12H,6,10,13,21H2. The highest BCUT2D eigenvalue weighted by Crippen LogP contribution is 2.30. The average molecular weight is 351 g/mol. The molecule has 1 aromatic carbocycles. The van der Waals surface area contributed by atoms with E-state index < -0.39 is 5.54 Å². The van der Waals surface area contributed by atoms with E-state index in [9.17, 15) is 9.18 Å². The number of carbonyl (C=O) groups is 1. The Bertz CT molecular complexity index is 943. The van der Waals surface area contributed by atoms with Crippen LogP contribution in [0.5, 0.6) is 0 Å². The molecule has 1 saturated heterocycles. The largest absolute Gasteiger partial charge is 0.335 e. The van der Waals surface area contributed by atoms with Gasteiger partial charge >= 0.3 is 0 Å². The fraction of sp³-hybridized carbons (Fsp3) is 0.211. The Labute approximate surface area is 150 Å². The second-order valence-electron chi connectivity index (χ2n) is 6.49. The predicted octanol–water partition coefficient (Wildman–Crippen LogP) is 2.11. The van der Waals surface area contributed by atoms with E-state index in [2.05, 4.69) is 10.1 Å². The van der Waals surface area contributed by atoms with Crippen LogP contribution in [0, 0.1) is 5.82 Å². The van der Waals surface area contributed by atoms with Gasteiger partial charge < -0.3 is 10.6 Å². The Kier molecular flexibility index (Phi) is 4.00. The lowest BCUT2D eigenvalue weighted by atomic mass is 9.90. The number of amides is 1. The lowest BCUT2D eigenvalue weighted by Crippen LogP contribution is -2.41. The summed E-state index contributed by atoms with van der Waals surface area (Å²) in [6.07, 6.45) is 5.63. The number of carbonyl (C=O) groups excluding carboxylic acids is 1. The molecule has 2 aromatic heterocycles. The minimum atomic E-state index is -0.753. The highest BCUT2D eigenvalue weighted by Gasteiger charge is 2.38. The number of aromatic nitrogens is 3. The number of nitrogens with zero attached hydrogens (tertiary/aromatic N) is 4. The Morgan fingerprint density at radius 3 is 2.85 bits per heavy atom. The summed E-state index contributed by atoms with van der Waals surface area (Å²) in [7, 11) is 0. The molecule has 1 atom stereocenters. The first-order valence-electron chi connectivity index (χ1n) is 8.35. The van der Waals surface area contributed by atoms with Crippen molar-refractivity contribution in [1.29, 1.82) is 0 Å². The van der Waals surface area contributed by atoms with Gasteiger partial charge in [-0.15, -0.1) is 0 Å². The number of hydrogen-bond donors (Lipinski definition) is 1. The normalized spacial score (nSPS) is 19.7. The second-order valence-corrected chi connectivity index (χ2v) is 6.49. The van der Waals surface area contributed by atoms with Crippen LogP contribution in [0.25, 0.3) is 5.69 Å². The lowest BCUT2D eigenvalue weighted by molar-refractivity contribution is 0.0778. The van der Waals surface area contributed by atoms with Crippen molar-refractivity contribution in [3.63, 3.8) is 0 Å². The summed E-state index contributed by atoms with van der Waals surface area (Å²) in [5.74, 6) is -0.520. The first-order valence-corrected chi connectivity index (χ1v) is 8.35. The van der Waals surface area contributed by atoms with Crippen LogP contribution in [-0.4, -0.2) is 38.7 Å². The van der Waals surface area contributed by atoms with Gasteiger partial charge in [0.15, 0.2) is 0 Å². The fourth-order valence-electron chi connectivity index (χ4n) is 3.30. The van der Waals surface area contributed by atoms with Crippen LogP contribution in [-0.2, 0) is 5.54 Å². The van der Waals surface area contributed by atoms with Crippen LogP contribution in [0.15, 0.2) is 61.1 Å². The smallest absolute Gasteiger partial charge is 0.272 e. The van der Waals surface area contributed by atoms with Crippen LogP contribution in [0.4, 0.5) is 4.39 Å². The summed E-state index contributed by atoms with van der Waals surface area (Å²) in [6, 6.07) is 11.6. The maximum atomic E-state index is 13.5. The monoisotopic (exact) mass is 351 g/mol. The summed E-state index contributed by atoms with van der Waals surface area (Å²) in [5, 5.41) is 4.16. The van der Waals surface area contributed by atoms with Gasteiger partial charge in [-0.25, -0.2) is 9.07 Å². The quantitative estimate of drug-likeness (QED) is 0.784. The van der Waals surface area contributed by atoms with E-state index in [1.807, 2.05) is 6.07 Å². The van der Waals surface area contributed by atoms with Gasteiger partial charge in [-0.1, -0.05) is 12.1 Å². The molecular weight excluding hydrogens is 333 g/mol. The molecule has 132 valence electrons. The van der Waals surface area contributed by atoms with E-state index in [-0.39, 0.29) is 11.7 Å². The van der Waals surface area contributed by atoms with E-state index in [1.165, 1.54) is 12.1 Å². The molecule has 1 unspecified atom stereocenters. The van der Waals surface area contributed by atoms with Crippen molar-refractivity contribution in [2.75, 3.05) is 13.1 Å². The van der Waals surface area contributed by atoms with Crippen molar-refractivity contribution >= 4 is 5.91 Å². The molecular formula is C19H18FN5O. The Hall–Kier alpha value is -3.06. The van der Waals surface area contributed by atoms with Gasteiger partial charge in [0.1, 0.15) is 11.5 Å². The molecule has 0 radical (unpaired) electrons. The lowest BCUT2D eigenvalue weighted by Gasteiger charge is -2.25. The van der Waals surface area contributed by atoms with Gasteiger partial charge in [-0.3, -0.25) is 9.78 Å². The van der Waals surface area contributed by atoms with Crippen LogP contribution in [0.2, 0.25) is 0 Å². The number of halogens is 1. The van der Waals surface area contributed by atoms with Crippen LogP contribution >= 0.6 is 0 Å². The number of nitrogens with two attached hydrogens (primary N) is 1. The molecule has 4 rings (SSSR count). The van der Waals surface area contributed by atoms with Gasteiger partial charge in [0.05, 0.1) is 11.2 Å². The van der Waals surface area contributed by atoms with Crippen molar-refractivity contribution < 1.29 is 9.18 Å². The molecule has 1 aliphatic heterocycles. The van der Waals surface area contributed by atoms with Gasteiger partial charge in [-0.05, 0) is 42.3 Å². The van der Waals surface area contributed by atoms with Crippen molar-refractivity contribution in [3.8, 4) is 5.69 Å². The number of rotatable bonds is 3. The third-order valence-corrected chi connectivity index (χ3v) is 4.72. The van der Waals surface area contributed by atoms with E-state index in [0.29, 0.717) is 30.8 Å². The third-order valence-electron chi connectivity index (χ3n) is 4.72. The summed E-state index contributed by atoms with van der Waals surface area (Å²) < 4.78 is 15.2. The summed E-state index contributed by atoms with van der Waals surface area (Å²) >= 11 is 0. The second kappa shape index (κ2) is 6.34. The fourth-order valence-corrected chi connectivity index (χ4v) is 3.30.